The topological polar surface area (TPSA) is 79.8 Å². The van der Waals surface area contributed by atoms with Gasteiger partial charge in [0.05, 0.1) is 17.0 Å². The number of halogens is 2. The van der Waals surface area contributed by atoms with Crippen molar-refractivity contribution in [2.45, 2.75) is 32.4 Å². The minimum absolute atomic E-state index is 0.0213. The molecule has 2 aromatic carbocycles. The standard InChI is InChI=1S/C20H19F2N3O3/c1-11(2)23-19(26)13-5-3-4-6-16(13)24-20(27)18-10-17(25-28-18)14-9-12(21)7-8-15(14)22/h3-9,11,18H,10H2,1-2H3,(H,23,26)(H,24,27). The molecule has 0 aromatic heterocycles. The van der Waals surface area contributed by atoms with Crippen LogP contribution < -0.4 is 10.6 Å². The molecule has 1 aliphatic rings. The normalized spacial score (nSPS) is 15.8. The quantitative estimate of drug-likeness (QED) is 0.827. The molecule has 1 heterocycles. The molecule has 1 unspecified atom stereocenters. The second-order valence-electron chi connectivity index (χ2n) is 6.62. The zero-order valence-corrected chi connectivity index (χ0v) is 15.3. The van der Waals surface area contributed by atoms with E-state index in [0.717, 1.165) is 18.2 Å². The molecule has 0 bridgehead atoms. The van der Waals surface area contributed by atoms with Crippen LogP contribution in [0.2, 0.25) is 0 Å². The summed E-state index contributed by atoms with van der Waals surface area (Å²) in [6.45, 7) is 3.66. The number of benzene rings is 2. The van der Waals surface area contributed by atoms with Crippen molar-refractivity contribution in [1.29, 1.82) is 0 Å². The summed E-state index contributed by atoms with van der Waals surface area (Å²) >= 11 is 0. The lowest BCUT2D eigenvalue weighted by atomic mass is 10.0. The maximum absolute atomic E-state index is 13.9. The molecule has 1 atom stereocenters. The maximum atomic E-state index is 13.9. The van der Waals surface area contributed by atoms with E-state index < -0.39 is 23.6 Å². The third kappa shape index (κ3) is 4.33. The summed E-state index contributed by atoms with van der Waals surface area (Å²) in [6, 6.07) is 9.48. The fraction of sp³-hybridized carbons (Fsp3) is 0.250. The number of carbonyl (C=O) groups is 2. The largest absolute Gasteiger partial charge is 0.382 e. The number of nitrogens with one attached hydrogen (secondary N) is 2. The van der Waals surface area contributed by atoms with Crippen LogP contribution in [0.1, 0.15) is 36.2 Å². The van der Waals surface area contributed by atoms with Gasteiger partial charge in [0.2, 0.25) is 6.10 Å². The van der Waals surface area contributed by atoms with Crippen LogP contribution in [0.15, 0.2) is 47.6 Å². The molecular weight excluding hydrogens is 368 g/mol. The average Bonchev–Trinajstić information content (AvgIpc) is 3.13. The smallest absolute Gasteiger partial charge is 0.268 e. The van der Waals surface area contributed by atoms with Gasteiger partial charge < -0.3 is 15.5 Å². The zero-order valence-electron chi connectivity index (χ0n) is 15.3. The van der Waals surface area contributed by atoms with Gasteiger partial charge >= 0.3 is 0 Å². The summed E-state index contributed by atoms with van der Waals surface area (Å²) in [7, 11) is 0. The Morgan fingerprint density at radius 3 is 2.68 bits per heavy atom. The lowest BCUT2D eigenvalue weighted by Gasteiger charge is -2.14. The molecular formula is C20H19F2N3O3. The van der Waals surface area contributed by atoms with Gasteiger partial charge in [-0.2, -0.15) is 0 Å². The van der Waals surface area contributed by atoms with E-state index in [4.69, 9.17) is 4.84 Å². The Morgan fingerprint density at radius 1 is 1.18 bits per heavy atom. The van der Waals surface area contributed by atoms with E-state index in [2.05, 4.69) is 15.8 Å². The minimum atomic E-state index is -1.01. The number of amides is 2. The van der Waals surface area contributed by atoms with E-state index in [1.807, 2.05) is 13.8 Å². The number of hydrogen-bond donors (Lipinski definition) is 2. The van der Waals surface area contributed by atoms with E-state index in [9.17, 15) is 18.4 Å². The number of para-hydroxylation sites is 1. The molecule has 2 N–H and O–H groups in total. The Bertz CT molecular complexity index is 944. The summed E-state index contributed by atoms with van der Waals surface area (Å²) in [5.74, 6) is -2.13. The second-order valence-corrected chi connectivity index (χ2v) is 6.62. The Morgan fingerprint density at radius 2 is 1.93 bits per heavy atom. The van der Waals surface area contributed by atoms with E-state index in [0.29, 0.717) is 11.3 Å². The first kappa shape index (κ1) is 19.5. The van der Waals surface area contributed by atoms with Crippen LogP contribution in [0, 0.1) is 11.6 Å². The van der Waals surface area contributed by atoms with Crippen molar-refractivity contribution in [1.82, 2.24) is 5.32 Å². The highest BCUT2D eigenvalue weighted by Crippen LogP contribution is 2.22. The Hall–Kier alpha value is -3.29. The number of rotatable bonds is 5. The third-order valence-electron chi connectivity index (χ3n) is 4.05. The van der Waals surface area contributed by atoms with E-state index in [-0.39, 0.29) is 29.6 Å². The van der Waals surface area contributed by atoms with Crippen LogP contribution in [0.3, 0.4) is 0 Å². The Labute approximate surface area is 160 Å². The summed E-state index contributed by atoms with van der Waals surface area (Å²) in [6.07, 6.45) is -1.04. The van der Waals surface area contributed by atoms with Crippen molar-refractivity contribution in [2.24, 2.45) is 5.16 Å². The van der Waals surface area contributed by atoms with Gasteiger partial charge in [0.15, 0.2) is 0 Å². The monoisotopic (exact) mass is 387 g/mol. The summed E-state index contributed by atoms with van der Waals surface area (Å²) < 4.78 is 27.3. The highest BCUT2D eigenvalue weighted by Gasteiger charge is 2.31. The average molecular weight is 387 g/mol. The highest BCUT2D eigenvalue weighted by molar-refractivity contribution is 6.08. The van der Waals surface area contributed by atoms with E-state index >= 15 is 0 Å². The van der Waals surface area contributed by atoms with E-state index in [1.165, 1.54) is 0 Å². The number of oxime groups is 1. The highest BCUT2D eigenvalue weighted by atomic mass is 19.1. The molecule has 2 amide bonds. The molecule has 0 fully saturated rings. The zero-order chi connectivity index (χ0) is 20.3. The summed E-state index contributed by atoms with van der Waals surface area (Å²) in [5, 5.41) is 9.12. The number of anilines is 1. The first-order valence-corrected chi connectivity index (χ1v) is 8.74. The van der Waals surface area contributed by atoms with Crippen molar-refractivity contribution < 1.29 is 23.2 Å². The second kappa shape index (κ2) is 8.16. The van der Waals surface area contributed by atoms with E-state index in [1.54, 1.807) is 24.3 Å². The van der Waals surface area contributed by atoms with Crippen molar-refractivity contribution in [2.75, 3.05) is 5.32 Å². The fourth-order valence-electron chi connectivity index (χ4n) is 2.74. The van der Waals surface area contributed by atoms with Crippen LogP contribution in [0.5, 0.6) is 0 Å². The van der Waals surface area contributed by atoms with Gasteiger partial charge in [-0.05, 0) is 44.2 Å². The molecule has 3 rings (SSSR count). The van der Waals surface area contributed by atoms with Crippen molar-refractivity contribution in [3.05, 3.63) is 65.2 Å². The molecule has 6 nitrogen and oxygen atoms in total. The Kier molecular flexibility index (Phi) is 5.67. The van der Waals surface area contributed by atoms with Gasteiger partial charge in [0.1, 0.15) is 11.6 Å². The summed E-state index contributed by atoms with van der Waals surface area (Å²) in [5.41, 5.74) is 0.717. The predicted molar refractivity (Wildman–Crippen MR) is 100 cm³/mol. The molecule has 0 saturated heterocycles. The Balaban J connectivity index is 1.71. The first-order chi connectivity index (χ1) is 13.3. The van der Waals surface area contributed by atoms with Crippen LogP contribution in [-0.2, 0) is 9.63 Å². The van der Waals surface area contributed by atoms with Gasteiger partial charge in [-0.15, -0.1) is 0 Å². The van der Waals surface area contributed by atoms with Crippen LogP contribution >= 0.6 is 0 Å². The van der Waals surface area contributed by atoms with Crippen LogP contribution in [-0.4, -0.2) is 29.7 Å². The molecule has 0 saturated carbocycles. The van der Waals surface area contributed by atoms with Crippen LogP contribution in [0.25, 0.3) is 0 Å². The fourth-order valence-corrected chi connectivity index (χ4v) is 2.74. The lowest BCUT2D eigenvalue weighted by Crippen LogP contribution is -2.32. The van der Waals surface area contributed by atoms with Crippen LogP contribution in [0.4, 0.5) is 14.5 Å². The number of hydrogen-bond acceptors (Lipinski definition) is 4. The van der Waals surface area contributed by atoms with Gasteiger partial charge in [-0.3, -0.25) is 9.59 Å². The molecule has 8 heteroatoms. The molecule has 0 spiro atoms. The molecule has 0 aliphatic carbocycles. The maximum Gasteiger partial charge on any atom is 0.268 e. The molecule has 2 aromatic rings. The molecule has 28 heavy (non-hydrogen) atoms. The molecule has 0 radical (unpaired) electrons. The van der Waals surface area contributed by atoms with Gasteiger partial charge in [0.25, 0.3) is 11.8 Å². The third-order valence-corrected chi connectivity index (χ3v) is 4.05. The van der Waals surface area contributed by atoms with Gasteiger partial charge in [-0.25, -0.2) is 8.78 Å². The number of carbonyl (C=O) groups excluding carboxylic acids is 2. The summed E-state index contributed by atoms with van der Waals surface area (Å²) in [4.78, 5) is 29.9. The molecule has 1 aliphatic heterocycles. The first-order valence-electron chi connectivity index (χ1n) is 8.74. The van der Waals surface area contributed by atoms with Crippen molar-refractivity contribution in [3.8, 4) is 0 Å². The minimum Gasteiger partial charge on any atom is -0.382 e. The van der Waals surface area contributed by atoms with Crippen molar-refractivity contribution in [3.63, 3.8) is 0 Å². The van der Waals surface area contributed by atoms with Crippen molar-refractivity contribution >= 4 is 23.2 Å². The SMILES string of the molecule is CC(C)NC(=O)c1ccccc1NC(=O)C1CC(c2cc(F)ccc2F)=NO1. The van der Waals surface area contributed by atoms with Gasteiger partial charge in [0, 0.05) is 18.0 Å². The number of nitrogens with zero attached hydrogens (tertiary/aromatic N) is 1. The lowest BCUT2D eigenvalue weighted by molar-refractivity contribution is -0.125. The van der Waals surface area contributed by atoms with Gasteiger partial charge in [-0.1, -0.05) is 17.3 Å². The molecule has 146 valence electrons. The predicted octanol–water partition coefficient (Wildman–Crippen LogP) is 3.23.